The zero-order valence-electron chi connectivity index (χ0n) is 11.8. The lowest BCUT2D eigenvalue weighted by atomic mass is 10.1. The number of carboxylic acids is 1. The summed E-state index contributed by atoms with van der Waals surface area (Å²) in [6, 6.07) is 5.61. The third kappa shape index (κ3) is 4.07. The second-order valence-electron chi connectivity index (χ2n) is 4.97. The first-order valence-corrected chi connectivity index (χ1v) is 7.46. The molecule has 1 aromatic rings. The summed E-state index contributed by atoms with van der Waals surface area (Å²) in [5.74, 6) is -0.870. The Morgan fingerprint density at radius 1 is 1.38 bits per heavy atom. The fourth-order valence-corrected chi connectivity index (χ4v) is 2.89. The number of likely N-dealkylation sites (N-methyl/N-ethyl adjacent to an activating group) is 1. The molecule has 0 unspecified atom stereocenters. The summed E-state index contributed by atoms with van der Waals surface area (Å²) in [6.07, 6.45) is 3.57. The highest BCUT2D eigenvalue weighted by Crippen LogP contribution is 2.28. The monoisotopic (exact) mass is 352 g/mol. The van der Waals surface area contributed by atoms with Crippen LogP contribution in [0.3, 0.4) is 0 Å². The number of aliphatic carboxylic acids is 1. The van der Waals surface area contributed by atoms with Crippen molar-refractivity contribution in [3.63, 3.8) is 0 Å². The lowest BCUT2D eigenvalue weighted by Crippen LogP contribution is -2.34. The van der Waals surface area contributed by atoms with Gasteiger partial charge in [-0.25, -0.2) is 4.79 Å². The minimum Gasteiger partial charge on any atom is -0.478 e. The number of carbonyl (C=O) groups is 2. The topological polar surface area (TPSA) is 60.9 Å². The van der Waals surface area contributed by atoms with Crippen LogP contribution in [0, 0.1) is 0 Å². The smallest absolute Gasteiger partial charge is 0.328 e. The zero-order valence-corrected chi connectivity index (χ0v) is 13.3. The second kappa shape index (κ2) is 6.76. The van der Waals surface area contributed by atoms with Gasteiger partial charge < -0.3 is 14.9 Å². The van der Waals surface area contributed by atoms with Crippen LogP contribution in [-0.2, 0) is 9.59 Å². The predicted octanol–water partition coefficient (Wildman–Crippen LogP) is 2.22. The minimum absolute atomic E-state index is 0.106. The van der Waals surface area contributed by atoms with Gasteiger partial charge in [0, 0.05) is 30.7 Å². The Labute approximate surface area is 132 Å². The summed E-state index contributed by atoms with van der Waals surface area (Å²) in [7, 11) is 1.82. The highest BCUT2D eigenvalue weighted by molar-refractivity contribution is 9.10. The quantitative estimate of drug-likeness (QED) is 0.847. The standard InChI is InChI=1S/C15H17BrN2O3/c1-17-7-2-8-18(10-14(17)19)13-5-3-11(9-12(13)16)4-6-15(20)21/h3-6,9H,2,7-8,10H2,1H3,(H,20,21)/b6-4+. The lowest BCUT2D eigenvalue weighted by molar-refractivity contribution is -0.131. The molecule has 0 spiro atoms. The van der Waals surface area contributed by atoms with Crippen LogP contribution in [0.4, 0.5) is 5.69 Å². The molecule has 1 aromatic carbocycles. The van der Waals surface area contributed by atoms with Crippen LogP contribution in [0.15, 0.2) is 28.7 Å². The molecule has 1 heterocycles. The van der Waals surface area contributed by atoms with Crippen LogP contribution < -0.4 is 4.90 Å². The number of hydrogen-bond donors (Lipinski definition) is 1. The van der Waals surface area contributed by atoms with E-state index in [4.69, 9.17) is 5.11 Å². The van der Waals surface area contributed by atoms with Crippen molar-refractivity contribution in [2.75, 3.05) is 31.6 Å². The van der Waals surface area contributed by atoms with Crippen LogP contribution in [0.5, 0.6) is 0 Å². The molecule has 21 heavy (non-hydrogen) atoms. The maximum absolute atomic E-state index is 11.9. The molecule has 5 nitrogen and oxygen atoms in total. The highest BCUT2D eigenvalue weighted by Gasteiger charge is 2.20. The summed E-state index contributed by atoms with van der Waals surface area (Å²) < 4.78 is 0.854. The van der Waals surface area contributed by atoms with Gasteiger partial charge in [0.2, 0.25) is 5.91 Å². The fraction of sp³-hybridized carbons (Fsp3) is 0.333. The van der Waals surface area contributed by atoms with Gasteiger partial charge in [0.05, 0.1) is 12.2 Å². The molecule has 0 saturated carbocycles. The molecule has 1 amide bonds. The van der Waals surface area contributed by atoms with E-state index in [9.17, 15) is 9.59 Å². The molecule has 0 aliphatic carbocycles. The summed E-state index contributed by atoms with van der Waals surface area (Å²) in [6.45, 7) is 1.95. The molecule has 6 heteroatoms. The van der Waals surface area contributed by atoms with Gasteiger partial charge in [-0.1, -0.05) is 6.07 Å². The zero-order chi connectivity index (χ0) is 15.4. The number of amides is 1. The molecule has 0 bridgehead atoms. The van der Waals surface area contributed by atoms with E-state index >= 15 is 0 Å². The van der Waals surface area contributed by atoms with Crippen molar-refractivity contribution in [3.05, 3.63) is 34.3 Å². The molecule has 1 fully saturated rings. The van der Waals surface area contributed by atoms with E-state index in [-0.39, 0.29) is 5.91 Å². The van der Waals surface area contributed by atoms with Crippen LogP contribution >= 0.6 is 15.9 Å². The van der Waals surface area contributed by atoms with Crippen molar-refractivity contribution in [3.8, 4) is 0 Å². The Kier molecular flexibility index (Phi) is 5.01. The van der Waals surface area contributed by atoms with Gasteiger partial charge >= 0.3 is 5.97 Å². The maximum Gasteiger partial charge on any atom is 0.328 e. The van der Waals surface area contributed by atoms with Gasteiger partial charge in [0.15, 0.2) is 0 Å². The molecule has 0 aromatic heterocycles. The van der Waals surface area contributed by atoms with Crippen LogP contribution in [0.2, 0.25) is 0 Å². The average molecular weight is 353 g/mol. The van der Waals surface area contributed by atoms with Crippen molar-refractivity contribution < 1.29 is 14.7 Å². The highest BCUT2D eigenvalue weighted by atomic mass is 79.9. The molecule has 1 aliphatic rings. The van der Waals surface area contributed by atoms with Crippen molar-refractivity contribution in [2.45, 2.75) is 6.42 Å². The Morgan fingerprint density at radius 3 is 2.81 bits per heavy atom. The summed E-state index contributed by atoms with van der Waals surface area (Å²) in [4.78, 5) is 26.3. The largest absolute Gasteiger partial charge is 0.478 e. The van der Waals surface area contributed by atoms with E-state index in [1.165, 1.54) is 6.08 Å². The first-order valence-electron chi connectivity index (χ1n) is 6.67. The Bertz CT molecular complexity index is 586. The summed E-state index contributed by atoms with van der Waals surface area (Å²) in [5, 5.41) is 8.64. The van der Waals surface area contributed by atoms with E-state index in [2.05, 4.69) is 15.9 Å². The third-order valence-electron chi connectivity index (χ3n) is 3.40. The predicted molar refractivity (Wildman–Crippen MR) is 85.3 cm³/mol. The molecule has 0 radical (unpaired) electrons. The van der Waals surface area contributed by atoms with Crippen molar-refractivity contribution in [1.82, 2.24) is 4.90 Å². The number of rotatable bonds is 3. The third-order valence-corrected chi connectivity index (χ3v) is 4.04. The minimum atomic E-state index is -0.976. The van der Waals surface area contributed by atoms with Gasteiger partial charge in [0.25, 0.3) is 0 Å². The van der Waals surface area contributed by atoms with Gasteiger partial charge in [-0.3, -0.25) is 4.79 Å². The number of hydrogen-bond acceptors (Lipinski definition) is 3. The molecule has 1 N–H and O–H groups in total. The van der Waals surface area contributed by atoms with Gasteiger partial charge in [-0.2, -0.15) is 0 Å². The average Bonchev–Trinajstić information content (AvgIpc) is 2.59. The van der Waals surface area contributed by atoms with Gasteiger partial charge in [-0.05, 0) is 46.1 Å². The van der Waals surface area contributed by atoms with E-state index in [1.807, 2.05) is 30.1 Å². The van der Waals surface area contributed by atoms with Crippen LogP contribution in [0.1, 0.15) is 12.0 Å². The van der Waals surface area contributed by atoms with E-state index in [0.717, 1.165) is 41.3 Å². The van der Waals surface area contributed by atoms with Crippen molar-refractivity contribution in [2.24, 2.45) is 0 Å². The van der Waals surface area contributed by atoms with E-state index in [0.29, 0.717) is 6.54 Å². The molecule has 112 valence electrons. The summed E-state index contributed by atoms with van der Waals surface area (Å²) in [5.41, 5.74) is 1.75. The number of carboxylic acid groups (broad SMARTS) is 1. The lowest BCUT2D eigenvalue weighted by Gasteiger charge is -2.23. The summed E-state index contributed by atoms with van der Waals surface area (Å²) >= 11 is 3.50. The molecule has 0 atom stereocenters. The first kappa shape index (κ1) is 15.6. The second-order valence-corrected chi connectivity index (χ2v) is 5.83. The Morgan fingerprint density at radius 2 is 2.14 bits per heavy atom. The van der Waals surface area contributed by atoms with Crippen LogP contribution in [-0.4, -0.2) is 48.6 Å². The normalized spacial score (nSPS) is 16.4. The fourth-order valence-electron chi connectivity index (χ4n) is 2.24. The first-order chi connectivity index (χ1) is 9.97. The molecule has 1 aliphatic heterocycles. The van der Waals surface area contributed by atoms with Crippen molar-refractivity contribution in [1.29, 1.82) is 0 Å². The number of anilines is 1. The van der Waals surface area contributed by atoms with Crippen molar-refractivity contribution >= 4 is 39.6 Å². The molecular formula is C15H17BrN2O3. The number of carbonyl (C=O) groups excluding carboxylic acids is 1. The SMILES string of the molecule is CN1CCCN(c2ccc(/C=C/C(=O)O)cc2Br)CC1=O. The molecule has 1 saturated heterocycles. The van der Waals surface area contributed by atoms with Crippen LogP contribution in [0.25, 0.3) is 6.08 Å². The number of halogens is 1. The number of nitrogens with zero attached hydrogens (tertiary/aromatic N) is 2. The number of benzene rings is 1. The molecule has 2 rings (SSSR count). The van der Waals surface area contributed by atoms with Gasteiger partial charge in [-0.15, -0.1) is 0 Å². The molecular weight excluding hydrogens is 336 g/mol. The van der Waals surface area contributed by atoms with Gasteiger partial charge in [0.1, 0.15) is 0 Å². The maximum atomic E-state index is 11.9. The Hall–Kier alpha value is -1.82. The van der Waals surface area contributed by atoms with E-state index < -0.39 is 5.97 Å². The van der Waals surface area contributed by atoms with E-state index in [1.54, 1.807) is 4.90 Å². The Balaban J connectivity index is 2.20.